The smallest absolute Gasteiger partial charge is 0.0740 e. The average Bonchev–Trinajstić information content (AvgIpc) is 2.26. The van der Waals surface area contributed by atoms with Gasteiger partial charge in [-0.05, 0) is 11.5 Å². The molecule has 0 aliphatic heterocycles. The highest BCUT2D eigenvalue weighted by atomic mass is 32.1. The van der Waals surface area contributed by atoms with Gasteiger partial charge in [-0.15, -0.1) is 0 Å². The Balaban J connectivity index is 2.53. The largest absolute Gasteiger partial charge is 0.393 e. The Morgan fingerprint density at radius 3 is 2.47 bits per heavy atom. The lowest BCUT2D eigenvalue weighted by atomic mass is 10.1. The number of benzene rings is 1. The molecule has 0 saturated heterocycles. The van der Waals surface area contributed by atoms with Crippen LogP contribution in [0.1, 0.15) is 25.8 Å². The number of rotatable bonds is 7. The molecule has 0 spiro atoms. The highest BCUT2D eigenvalue weighted by molar-refractivity contribution is 7.80. The average molecular weight is 250 g/mol. The van der Waals surface area contributed by atoms with Crippen LogP contribution in [0.15, 0.2) is 30.3 Å². The highest BCUT2D eigenvalue weighted by Gasteiger charge is 2.08. The molecule has 0 fully saturated rings. The van der Waals surface area contributed by atoms with Crippen LogP contribution in [0.4, 0.5) is 0 Å². The van der Waals surface area contributed by atoms with E-state index in [-0.39, 0.29) is 0 Å². The zero-order valence-corrected chi connectivity index (χ0v) is 11.5. The van der Waals surface area contributed by atoms with E-state index in [9.17, 15) is 0 Å². The third-order valence-electron chi connectivity index (χ3n) is 2.55. The van der Waals surface area contributed by atoms with E-state index in [0.717, 1.165) is 26.1 Å². The number of hydrogen-bond acceptors (Lipinski definition) is 2. The van der Waals surface area contributed by atoms with E-state index >= 15 is 0 Å². The first-order valence-corrected chi connectivity index (χ1v) is 6.53. The van der Waals surface area contributed by atoms with Gasteiger partial charge in [0.05, 0.1) is 4.99 Å². The molecule has 1 rings (SSSR count). The molecule has 0 bridgehead atoms. The SMILES string of the molecule is CC(C)CN(CCC(N)=S)Cc1ccccc1. The Bertz CT molecular complexity index is 335. The zero-order valence-electron chi connectivity index (χ0n) is 10.7. The molecule has 0 heterocycles. The number of nitrogens with zero attached hydrogens (tertiary/aromatic N) is 1. The van der Waals surface area contributed by atoms with Crippen molar-refractivity contribution in [2.75, 3.05) is 13.1 Å². The minimum absolute atomic E-state index is 0.604. The van der Waals surface area contributed by atoms with Gasteiger partial charge in [0.15, 0.2) is 0 Å². The molecule has 1 aromatic rings. The monoisotopic (exact) mass is 250 g/mol. The van der Waals surface area contributed by atoms with Gasteiger partial charge in [0.25, 0.3) is 0 Å². The Morgan fingerprint density at radius 2 is 1.94 bits per heavy atom. The summed E-state index contributed by atoms with van der Waals surface area (Å²) in [4.78, 5) is 3.02. The summed E-state index contributed by atoms with van der Waals surface area (Å²) in [7, 11) is 0. The van der Waals surface area contributed by atoms with Gasteiger partial charge in [0.2, 0.25) is 0 Å². The predicted molar refractivity (Wildman–Crippen MR) is 78.0 cm³/mol. The summed E-state index contributed by atoms with van der Waals surface area (Å²) in [5, 5.41) is 0. The first-order valence-electron chi connectivity index (χ1n) is 6.12. The van der Waals surface area contributed by atoms with E-state index < -0.39 is 0 Å². The number of thiocarbonyl (C=S) groups is 1. The van der Waals surface area contributed by atoms with Crippen LogP contribution in [0, 0.1) is 5.92 Å². The summed E-state index contributed by atoms with van der Waals surface area (Å²) in [6.45, 7) is 7.47. The van der Waals surface area contributed by atoms with Crippen LogP contribution in [0.2, 0.25) is 0 Å². The van der Waals surface area contributed by atoms with Crippen LogP contribution in [-0.4, -0.2) is 23.0 Å². The maximum Gasteiger partial charge on any atom is 0.0740 e. The Hall–Kier alpha value is -0.930. The second-order valence-corrected chi connectivity index (χ2v) is 5.36. The first-order chi connectivity index (χ1) is 8.08. The van der Waals surface area contributed by atoms with E-state index in [4.69, 9.17) is 18.0 Å². The first kappa shape index (κ1) is 14.1. The lowest BCUT2D eigenvalue weighted by Gasteiger charge is -2.24. The lowest BCUT2D eigenvalue weighted by molar-refractivity contribution is 0.243. The van der Waals surface area contributed by atoms with Crippen molar-refractivity contribution in [3.63, 3.8) is 0 Å². The van der Waals surface area contributed by atoms with Gasteiger partial charge < -0.3 is 5.73 Å². The van der Waals surface area contributed by atoms with Crippen molar-refractivity contribution in [2.45, 2.75) is 26.8 Å². The van der Waals surface area contributed by atoms with E-state index in [0.29, 0.717) is 10.9 Å². The Morgan fingerprint density at radius 1 is 1.29 bits per heavy atom. The topological polar surface area (TPSA) is 29.3 Å². The number of hydrogen-bond donors (Lipinski definition) is 1. The summed E-state index contributed by atoms with van der Waals surface area (Å²) < 4.78 is 0. The maximum atomic E-state index is 5.57. The zero-order chi connectivity index (χ0) is 12.7. The third kappa shape index (κ3) is 6.39. The summed E-state index contributed by atoms with van der Waals surface area (Å²) in [5.74, 6) is 0.657. The van der Waals surface area contributed by atoms with E-state index in [1.165, 1.54) is 5.56 Å². The van der Waals surface area contributed by atoms with Gasteiger partial charge in [-0.1, -0.05) is 56.4 Å². The Kier molecular flexibility index (Phi) is 6.16. The quantitative estimate of drug-likeness (QED) is 0.755. The highest BCUT2D eigenvalue weighted by Crippen LogP contribution is 2.08. The second kappa shape index (κ2) is 7.41. The van der Waals surface area contributed by atoms with Gasteiger partial charge in [0, 0.05) is 26.1 Å². The molecule has 2 nitrogen and oxygen atoms in total. The van der Waals surface area contributed by atoms with Crippen molar-refractivity contribution in [2.24, 2.45) is 11.7 Å². The summed E-state index contributed by atoms with van der Waals surface area (Å²) in [6, 6.07) is 10.5. The normalized spacial score (nSPS) is 11.1. The minimum Gasteiger partial charge on any atom is -0.393 e. The van der Waals surface area contributed by atoms with Crippen LogP contribution in [0.3, 0.4) is 0 Å². The molecule has 0 aliphatic rings. The van der Waals surface area contributed by atoms with Gasteiger partial charge >= 0.3 is 0 Å². The van der Waals surface area contributed by atoms with E-state index in [1.54, 1.807) is 0 Å². The van der Waals surface area contributed by atoms with Crippen LogP contribution >= 0.6 is 12.2 Å². The summed E-state index contributed by atoms with van der Waals surface area (Å²) in [5.41, 5.74) is 6.91. The molecule has 0 atom stereocenters. The second-order valence-electron chi connectivity index (χ2n) is 4.83. The molecule has 0 saturated carbocycles. The van der Waals surface area contributed by atoms with Crippen LogP contribution in [0.25, 0.3) is 0 Å². The van der Waals surface area contributed by atoms with Gasteiger partial charge in [-0.3, -0.25) is 4.90 Å². The summed E-state index contributed by atoms with van der Waals surface area (Å²) >= 11 is 4.94. The molecular formula is C14H22N2S. The van der Waals surface area contributed by atoms with Crippen LogP contribution < -0.4 is 5.73 Å². The molecule has 0 aromatic heterocycles. The number of nitrogens with two attached hydrogens (primary N) is 1. The van der Waals surface area contributed by atoms with Crippen molar-refractivity contribution in [1.29, 1.82) is 0 Å². The van der Waals surface area contributed by atoms with Gasteiger partial charge in [-0.25, -0.2) is 0 Å². The molecule has 2 N–H and O–H groups in total. The van der Waals surface area contributed by atoms with Gasteiger partial charge in [-0.2, -0.15) is 0 Å². The molecule has 1 aromatic carbocycles. The lowest BCUT2D eigenvalue weighted by Crippen LogP contribution is -2.30. The molecular weight excluding hydrogens is 228 g/mol. The predicted octanol–water partition coefficient (Wildman–Crippen LogP) is 2.82. The maximum absolute atomic E-state index is 5.57. The van der Waals surface area contributed by atoms with Gasteiger partial charge in [0.1, 0.15) is 0 Å². The molecule has 17 heavy (non-hydrogen) atoms. The van der Waals surface area contributed by atoms with Crippen molar-refractivity contribution in [1.82, 2.24) is 4.90 Å². The fraction of sp³-hybridized carbons (Fsp3) is 0.500. The molecule has 3 heteroatoms. The molecule has 0 radical (unpaired) electrons. The third-order valence-corrected chi connectivity index (χ3v) is 2.75. The standard InChI is InChI=1S/C14H22N2S/c1-12(2)10-16(9-8-14(15)17)11-13-6-4-3-5-7-13/h3-7,12H,8-11H2,1-2H3,(H2,15,17). The van der Waals surface area contributed by atoms with Crippen molar-refractivity contribution in [3.8, 4) is 0 Å². The minimum atomic E-state index is 0.604. The molecule has 0 aliphatic carbocycles. The van der Waals surface area contributed by atoms with E-state index in [2.05, 4.69) is 43.0 Å². The van der Waals surface area contributed by atoms with Crippen molar-refractivity contribution < 1.29 is 0 Å². The molecule has 0 amide bonds. The molecule has 0 unspecified atom stereocenters. The fourth-order valence-electron chi connectivity index (χ4n) is 1.86. The Labute approximate surface area is 110 Å². The van der Waals surface area contributed by atoms with Crippen LogP contribution in [0.5, 0.6) is 0 Å². The van der Waals surface area contributed by atoms with Crippen molar-refractivity contribution >= 4 is 17.2 Å². The van der Waals surface area contributed by atoms with E-state index in [1.807, 2.05) is 6.07 Å². The molecule has 94 valence electrons. The summed E-state index contributed by atoms with van der Waals surface area (Å²) in [6.07, 6.45) is 0.800. The fourth-order valence-corrected chi connectivity index (χ4v) is 1.95. The van der Waals surface area contributed by atoms with Crippen LogP contribution in [-0.2, 0) is 6.54 Å². The van der Waals surface area contributed by atoms with Crippen molar-refractivity contribution in [3.05, 3.63) is 35.9 Å².